The maximum absolute atomic E-state index is 10.2. The Morgan fingerprint density at radius 1 is 0.815 bits per heavy atom. The number of aliphatic hydroxyl groups is 1. The number of hydrogen-bond donors (Lipinski definition) is 1. The summed E-state index contributed by atoms with van der Waals surface area (Å²) in [6, 6.07) is 0.939. The third kappa shape index (κ3) is 2.99. The Morgan fingerprint density at radius 2 is 1.48 bits per heavy atom. The van der Waals surface area contributed by atoms with Crippen LogP contribution in [-0.2, 0) is 0 Å². The van der Waals surface area contributed by atoms with Crippen molar-refractivity contribution in [3.63, 3.8) is 0 Å². The maximum atomic E-state index is 10.2. The summed E-state index contributed by atoms with van der Waals surface area (Å²) in [6.07, 6.45) is 15.2. The fourth-order valence-electron chi connectivity index (χ4n) is 9.60. The van der Waals surface area contributed by atoms with Gasteiger partial charge in [0.05, 0.1) is 32.3 Å². The summed E-state index contributed by atoms with van der Waals surface area (Å²) in [5.74, 6) is 3.74. The van der Waals surface area contributed by atoms with Crippen LogP contribution < -0.4 is 24.0 Å². The first kappa shape index (κ1) is 20.9. The van der Waals surface area contributed by atoms with Crippen LogP contribution in [0.2, 0.25) is 0 Å². The normalized spacial score (nSPS) is 53.8. The van der Waals surface area contributed by atoms with Crippen molar-refractivity contribution in [3.05, 3.63) is 0 Å². The van der Waals surface area contributed by atoms with E-state index in [1.165, 1.54) is 75.4 Å². The van der Waals surface area contributed by atoms with Crippen LogP contribution in [0.15, 0.2) is 0 Å². The number of rotatable bonds is 1. The first-order chi connectivity index (χ1) is 12.4. The van der Waals surface area contributed by atoms with Crippen molar-refractivity contribution in [1.29, 1.82) is 0 Å². The fourth-order valence-corrected chi connectivity index (χ4v) is 9.60. The number of nitrogens with zero attached hydrogens (tertiary/aromatic N) is 1. The molecular formula is C24H42INO. The van der Waals surface area contributed by atoms with Gasteiger partial charge < -0.3 is 33.6 Å². The molecule has 5 rings (SSSR count). The predicted octanol–water partition coefficient (Wildman–Crippen LogP) is 2.00. The first-order valence-corrected chi connectivity index (χ1v) is 11.9. The number of likely N-dealkylation sites (tertiary alicyclic amines) is 1. The van der Waals surface area contributed by atoms with Gasteiger partial charge in [-0.1, -0.05) is 13.8 Å². The van der Waals surface area contributed by atoms with E-state index < -0.39 is 0 Å². The summed E-state index contributed by atoms with van der Waals surface area (Å²) in [6.45, 7) is 8.23. The lowest BCUT2D eigenvalue weighted by atomic mass is 9.45. The van der Waals surface area contributed by atoms with Gasteiger partial charge in [-0.05, 0) is 80.5 Å². The van der Waals surface area contributed by atoms with Crippen molar-refractivity contribution in [1.82, 2.24) is 0 Å². The molecule has 0 spiro atoms. The van der Waals surface area contributed by atoms with E-state index in [1.807, 2.05) is 0 Å². The van der Waals surface area contributed by atoms with Crippen LogP contribution in [0.25, 0.3) is 0 Å². The molecule has 3 heteroatoms. The average Bonchev–Trinajstić information content (AvgIpc) is 3.19. The van der Waals surface area contributed by atoms with Crippen LogP contribution in [0.4, 0.5) is 0 Å². The zero-order chi connectivity index (χ0) is 18.2. The lowest BCUT2D eigenvalue weighted by molar-refractivity contribution is -0.928. The highest BCUT2D eigenvalue weighted by molar-refractivity contribution is 5.10. The molecule has 0 aromatic carbocycles. The first-order valence-electron chi connectivity index (χ1n) is 11.9. The van der Waals surface area contributed by atoms with E-state index in [2.05, 4.69) is 20.9 Å². The van der Waals surface area contributed by atoms with Gasteiger partial charge in [0.2, 0.25) is 0 Å². The number of fused-ring (bicyclic) bond motifs is 5. The molecule has 4 aliphatic carbocycles. The van der Waals surface area contributed by atoms with Gasteiger partial charge >= 0.3 is 0 Å². The smallest absolute Gasteiger partial charge is 0.0945 e. The summed E-state index contributed by atoms with van der Waals surface area (Å²) in [5.41, 5.74) is 1.14. The Bertz CT molecular complexity index is 561. The molecule has 0 bridgehead atoms. The number of aliphatic hydroxyl groups excluding tert-OH is 1. The van der Waals surface area contributed by atoms with E-state index in [9.17, 15) is 5.11 Å². The van der Waals surface area contributed by atoms with Gasteiger partial charge in [-0.2, -0.15) is 0 Å². The summed E-state index contributed by atoms with van der Waals surface area (Å²) < 4.78 is 1.40. The van der Waals surface area contributed by atoms with E-state index in [0.717, 1.165) is 42.6 Å². The van der Waals surface area contributed by atoms with Gasteiger partial charge in [0.25, 0.3) is 0 Å². The Labute approximate surface area is 184 Å². The molecule has 0 aromatic rings. The van der Waals surface area contributed by atoms with Crippen LogP contribution in [-0.4, -0.2) is 41.9 Å². The van der Waals surface area contributed by atoms with Crippen molar-refractivity contribution in [3.8, 4) is 0 Å². The highest BCUT2D eigenvalue weighted by atomic mass is 127. The lowest BCUT2D eigenvalue weighted by Crippen LogP contribution is -3.00. The van der Waals surface area contributed by atoms with Crippen LogP contribution in [0.1, 0.15) is 84.5 Å². The Morgan fingerprint density at radius 3 is 2.22 bits per heavy atom. The third-order valence-electron chi connectivity index (χ3n) is 10.9. The zero-order valence-corrected chi connectivity index (χ0v) is 20.1. The standard InChI is InChI=1S/C24H42NO.HI/c1-23-12-10-18(26)16-17(23)6-7-19-20-8-9-22(25(3)14-4-5-15-25)24(20,2)13-11-21(19)23;/h17-22,26H,4-16H2,1-3H3;1H/q+1;/p-1/t17-,18-,19?,20?,21?,22-,23-,24-;/m0./s1. The molecule has 1 heterocycles. The highest BCUT2D eigenvalue weighted by Gasteiger charge is 2.63. The fraction of sp³-hybridized carbons (Fsp3) is 1.00. The quantitative estimate of drug-likeness (QED) is 0.443. The minimum Gasteiger partial charge on any atom is -1.00 e. The van der Waals surface area contributed by atoms with E-state index in [1.54, 1.807) is 0 Å². The second kappa shape index (κ2) is 7.11. The van der Waals surface area contributed by atoms with E-state index in [4.69, 9.17) is 0 Å². The topological polar surface area (TPSA) is 20.2 Å². The van der Waals surface area contributed by atoms with Gasteiger partial charge in [-0.3, -0.25) is 0 Å². The van der Waals surface area contributed by atoms with Crippen molar-refractivity contribution in [2.24, 2.45) is 34.5 Å². The predicted molar refractivity (Wildman–Crippen MR) is 107 cm³/mol. The molecule has 5 aliphatic rings. The van der Waals surface area contributed by atoms with Crippen LogP contribution >= 0.6 is 0 Å². The van der Waals surface area contributed by atoms with Crippen molar-refractivity contribution in [2.45, 2.75) is 96.6 Å². The Balaban J connectivity index is 0.00000180. The monoisotopic (exact) mass is 487 g/mol. The summed E-state index contributed by atoms with van der Waals surface area (Å²) in [5, 5.41) is 10.2. The molecule has 0 radical (unpaired) electrons. The van der Waals surface area contributed by atoms with Crippen molar-refractivity contribution in [2.75, 3.05) is 20.1 Å². The van der Waals surface area contributed by atoms with Crippen LogP contribution in [0.3, 0.4) is 0 Å². The number of hydrogen-bond acceptors (Lipinski definition) is 1. The second-order valence-electron chi connectivity index (χ2n) is 11.9. The second-order valence-corrected chi connectivity index (χ2v) is 11.9. The van der Waals surface area contributed by atoms with E-state index in [0.29, 0.717) is 10.8 Å². The molecule has 8 atom stereocenters. The molecular weight excluding hydrogens is 445 g/mol. The molecule has 4 saturated carbocycles. The van der Waals surface area contributed by atoms with Gasteiger partial charge in [-0.25, -0.2) is 0 Å². The summed E-state index contributed by atoms with van der Waals surface area (Å²) in [7, 11) is 2.60. The molecule has 27 heavy (non-hydrogen) atoms. The molecule has 1 saturated heterocycles. The number of quaternary nitrogens is 1. The maximum Gasteiger partial charge on any atom is 0.0945 e. The highest BCUT2D eigenvalue weighted by Crippen LogP contribution is 2.67. The van der Waals surface area contributed by atoms with Crippen molar-refractivity contribution < 1.29 is 33.6 Å². The van der Waals surface area contributed by atoms with Gasteiger partial charge in [-0.15, -0.1) is 0 Å². The lowest BCUT2D eigenvalue weighted by Gasteiger charge is -2.61. The molecule has 0 amide bonds. The van der Waals surface area contributed by atoms with Gasteiger partial charge in [0, 0.05) is 24.7 Å². The molecule has 0 aromatic heterocycles. The van der Waals surface area contributed by atoms with Gasteiger partial charge in [0.1, 0.15) is 0 Å². The number of halogens is 1. The molecule has 1 aliphatic heterocycles. The largest absolute Gasteiger partial charge is 1.00 e. The average molecular weight is 488 g/mol. The zero-order valence-electron chi connectivity index (χ0n) is 17.9. The van der Waals surface area contributed by atoms with Gasteiger partial charge in [0.15, 0.2) is 0 Å². The molecule has 156 valence electrons. The van der Waals surface area contributed by atoms with Crippen molar-refractivity contribution >= 4 is 0 Å². The molecule has 3 unspecified atom stereocenters. The SMILES string of the molecule is C[C@]12CCC3C(CC[C@H]4C[C@@H](O)CC[C@]34C)C1CC[C@@H]2[N+]1(C)CCCC1.[I-]. The molecule has 2 nitrogen and oxygen atoms in total. The minimum absolute atomic E-state index is 0. The summed E-state index contributed by atoms with van der Waals surface area (Å²) in [4.78, 5) is 0. The third-order valence-corrected chi connectivity index (χ3v) is 10.9. The van der Waals surface area contributed by atoms with E-state index >= 15 is 0 Å². The molecule has 5 fully saturated rings. The minimum atomic E-state index is -0.00559. The van der Waals surface area contributed by atoms with E-state index in [-0.39, 0.29) is 30.1 Å². The van der Waals surface area contributed by atoms with Crippen LogP contribution in [0.5, 0.6) is 0 Å². The van der Waals surface area contributed by atoms with Crippen LogP contribution in [0, 0.1) is 34.5 Å². The Hall–Kier alpha value is 0.650. The Kier molecular flexibility index (Phi) is 5.51. The summed E-state index contributed by atoms with van der Waals surface area (Å²) >= 11 is 0. The molecule has 1 N–H and O–H groups in total.